The van der Waals surface area contributed by atoms with Crippen LogP contribution in [0.3, 0.4) is 0 Å². The van der Waals surface area contributed by atoms with Crippen LogP contribution >= 0.6 is 0 Å². The number of furan rings is 1. The van der Waals surface area contributed by atoms with Crippen molar-refractivity contribution in [2.45, 2.75) is 13.5 Å². The molecule has 1 fully saturated rings. The minimum atomic E-state index is -0.454. The summed E-state index contributed by atoms with van der Waals surface area (Å²) in [6.07, 6.45) is 0. The van der Waals surface area contributed by atoms with Crippen molar-refractivity contribution < 1.29 is 23.8 Å². The largest absolute Gasteiger partial charge is 0.508 e. The zero-order valence-corrected chi connectivity index (χ0v) is 12.7. The van der Waals surface area contributed by atoms with Gasteiger partial charge in [0, 0.05) is 30.6 Å². The summed E-state index contributed by atoms with van der Waals surface area (Å²) in [5, 5.41) is 10.9. The highest BCUT2D eigenvalue weighted by Gasteiger charge is 2.24. The molecule has 0 aliphatic carbocycles. The van der Waals surface area contributed by atoms with Crippen molar-refractivity contribution in [2.75, 3.05) is 33.4 Å². The summed E-state index contributed by atoms with van der Waals surface area (Å²) in [4.78, 5) is 14.2. The fraction of sp³-hybridized carbons (Fsp3) is 0.438. The van der Waals surface area contributed by atoms with Gasteiger partial charge in [-0.3, -0.25) is 4.90 Å². The summed E-state index contributed by atoms with van der Waals surface area (Å²) in [6.45, 7) is 5.19. The molecule has 6 nitrogen and oxygen atoms in total. The first kappa shape index (κ1) is 14.9. The summed E-state index contributed by atoms with van der Waals surface area (Å²) in [5.74, 6) is 0.200. The van der Waals surface area contributed by atoms with Crippen molar-refractivity contribution in [3.05, 3.63) is 29.0 Å². The topological polar surface area (TPSA) is 72.1 Å². The Morgan fingerprint density at radius 2 is 2.09 bits per heavy atom. The number of carbonyl (C=O) groups excluding carboxylic acids is 1. The van der Waals surface area contributed by atoms with Gasteiger partial charge in [-0.15, -0.1) is 0 Å². The fourth-order valence-electron chi connectivity index (χ4n) is 2.86. The lowest BCUT2D eigenvalue weighted by Crippen LogP contribution is -2.35. The van der Waals surface area contributed by atoms with E-state index in [1.165, 1.54) is 7.11 Å². The van der Waals surface area contributed by atoms with E-state index in [2.05, 4.69) is 4.90 Å². The predicted molar refractivity (Wildman–Crippen MR) is 80.1 cm³/mol. The number of ether oxygens (including phenoxy) is 2. The fourth-order valence-corrected chi connectivity index (χ4v) is 2.86. The Bertz CT molecular complexity index is 700. The van der Waals surface area contributed by atoms with Crippen molar-refractivity contribution in [1.29, 1.82) is 0 Å². The molecule has 1 aromatic heterocycles. The molecule has 0 atom stereocenters. The van der Waals surface area contributed by atoms with Crippen molar-refractivity contribution >= 4 is 16.9 Å². The number of phenolic OH excluding ortho intramolecular Hbond substituents is 1. The summed E-state index contributed by atoms with van der Waals surface area (Å²) >= 11 is 0. The van der Waals surface area contributed by atoms with Crippen LogP contribution in [-0.2, 0) is 16.0 Å². The van der Waals surface area contributed by atoms with E-state index < -0.39 is 5.97 Å². The Kier molecular flexibility index (Phi) is 4.04. The molecule has 2 aromatic rings. The van der Waals surface area contributed by atoms with E-state index in [4.69, 9.17) is 13.9 Å². The quantitative estimate of drug-likeness (QED) is 0.875. The second-order valence-electron chi connectivity index (χ2n) is 5.35. The number of morpholine rings is 1. The standard InChI is InChI=1S/C16H19NO5/c1-10-14(16(19)20-2)15-11(9-17-5-7-21-8-6-17)12(18)3-4-13(15)22-10/h3-4,18H,5-9H2,1-2H3. The van der Waals surface area contributed by atoms with Gasteiger partial charge in [0.1, 0.15) is 22.7 Å². The summed E-state index contributed by atoms with van der Waals surface area (Å²) in [6, 6.07) is 3.27. The van der Waals surface area contributed by atoms with Crippen LogP contribution in [0.5, 0.6) is 5.75 Å². The number of carbonyl (C=O) groups is 1. The lowest BCUT2D eigenvalue weighted by molar-refractivity contribution is 0.0340. The van der Waals surface area contributed by atoms with Crippen molar-refractivity contribution in [3.8, 4) is 5.75 Å². The number of benzene rings is 1. The molecule has 0 saturated carbocycles. The number of nitrogens with zero attached hydrogens (tertiary/aromatic N) is 1. The molecule has 118 valence electrons. The molecule has 0 spiro atoms. The molecular weight excluding hydrogens is 286 g/mol. The molecule has 22 heavy (non-hydrogen) atoms. The number of fused-ring (bicyclic) bond motifs is 1. The lowest BCUT2D eigenvalue weighted by atomic mass is 10.0. The van der Waals surface area contributed by atoms with Crippen LogP contribution in [0, 0.1) is 6.92 Å². The van der Waals surface area contributed by atoms with Crippen LogP contribution in [-0.4, -0.2) is 49.4 Å². The number of aryl methyl sites for hydroxylation is 1. The van der Waals surface area contributed by atoms with Crippen LogP contribution in [0.4, 0.5) is 0 Å². The first-order chi connectivity index (χ1) is 10.6. The maximum absolute atomic E-state index is 12.1. The van der Waals surface area contributed by atoms with Gasteiger partial charge < -0.3 is 19.0 Å². The number of aromatic hydroxyl groups is 1. The average Bonchev–Trinajstić information content (AvgIpc) is 2.87. The summed E-state index contributed by atoms with van der Waals surface area (Å²) in [7, 11) is 1.34. The highest BCUT2D eigenvalue weighted by molar-refractivity contribution is 6.06. The number of methoxy groups -OCH3 is 1. The molecule has 0 unspecified atom stereocenters. The van der Waals surface area contributed by atoms with Crippen LogP contribution in [0.25, 0.3) is 11.0 Å². The molecule has 0 bridgehead atoms. The van der Waals surface area contributed by atoms with E-state index in [-0.39, 0.29) is 5.75 Å². The second kappa shape index (κ2) is 5.98. The van der Waals surface area contributed by atoms with Gasteiger partial charge in [-0.25, -0.2) is 4.79 Å². The SMILES string of the molecule is COC(=O)c1c(C)oc2ccc(O)c(CN3CCOCC3)c12. The van der Waals surface area contributed by atoms with Gasteiger partial charge in [0.2, 0.25) is 0 Å². The third-order valence-electron chi connectivity index (χ3n) is 3.99. The van der Waals surface area contributed by atoms with Crippen molar-refractivity contribution in [1.82, 2.24) is 4.90 Å². The molecule has 1 aliphatic heterocycles. The number of rotatable bonds is 3. The molecule has 1 aromatic carbocycles. The predicted octanol–water partition coefficient (Wildman–Crippen LogP) is 2.07. The van der Waals surface area contributed by atoms with Crippen molar-refractivity contribution in [2.24, 2.45) is 0 Å². The van der Waals surface area contributed by atoms with Gasteiger partial charge in [0.05, 0.1) is 20.3 Å². The first-order valence-electron chi connectivity index (χ1n) is 7.24. The Balaban J connectivity index is 2.10. The molecule has 1 N–H and O–H groups in total. The van der Waals surface area contributed by atoms with E-state index in [0.29, 0.717) is 47.6 Å². The molecule has 3 rings (SSSR count). The summed E-state index contributed by atoms with van der Waals surface area (Å²) in [5.41, 5.74) is 1.66. The van der Waals surface area contributed by atoms with E-state index >= 15 is 0 Å². The molecule has 2 heterocycles. The maximum Gasteiger partial charge on any atom is 0.342 e. The lowest BCUT2D eigenvalue weighted by Gasteiger charge is -2.27. The Morgan fingerprint density at radius 3 is 2.77 bits per heavy atom. The smallest absolute Gasteiger partial charge is 0.342 e. The number of hydrogen-bond donors (Lipinski definition) is 1. The van der Waals surface area contributed by atoms with E-state index in [1.54, 1.807) is 19.1 Å². The zero-order chi connectivity index (χ0) is 15.7. The number of hydrogen-bond acceptors (Lipinski definition) is 6. The van der Waals surface area contributed by atoms with Crippen LogP contribution in [0.2, 0.25) is 0 Å². The highest BCUT2D eigenvalue weighted by atomic mass is 16.5. The molecule has 6 heteroatoms. The van der Waals surface area contributed by atoms with E-state index in [0.717, 1.165) is 13.1 Å². The van der Waals surface area contributed by atoms with E-state index in [1.807, 2.05) is 0 Å². The minimum absolute atomic E-state index is 0.157. The molecular formula is C16H19NO5. The van der Waals surface area contributed by atoms with Crippen molar-refractivity contribution in [3.63, 3.8) is 0 Å². The Labute approximate surface area is 128 Å². The maximum atomic E-state index is 12.1. The number of esters is 1. The second-order valence-corrected chi connectivity index (χ2v) is 5.35. The highest BCUT2D eigenvalue weighted by Crippen LogP contribution is 2.35. The number of phenols is 1. The Morgan fingerprint density at radius 1 is 1.36 bits per heavy atom. The third-order valence-corrected chi connectivity index (χ3v) is 3.99. The molecule has 0 radical (unpaired) electrons. The molecule has 1 saturated heterocycles. The van der Waals surface area contributed by atoms with Gasteiger partial charge in [-0.1, -0.05) is 0 Å². The molecule has 0 amide bonds. The van der Waals surface area contributed by atoms with Crippen LogP contribution in [0.1, 0.15) is 21.7 Å². The summed E-state index contributed by atoms with van der Waals surface area (Å²) < 4.78 is 15.8. The van der Waals surface area contributed by atoms with Gasteiger partial charge in [0.15, 0.2) is 0 Å². The molecule has 1 aliphatic rings. The minimum Gasteiger partial charge on any atom is -0.508 e. The van der Waals surface area contributed by atoms with Gasteiger partial charge in [0.25, 0.3) is 0 Å². The monoisotopic (exact) mass is 305 g/mol. The normalized spacial score (nSPS) is 16.1. The Hall–Kier alpha value is -2.05. The van der Waals surface area contributed by atoms with Crippen LogP contribution in [0.15, 0.2) is 16.5 Å². The first-order valence-corrected chi connectivity index (χ1v) is 7.24. The van der Waals surface area contributed by atoms with Gasteiger partial charge in [-0.05, 0) is 19.1 Å². The zero-order valence-electron chi connectivity index (χ0n) is 12.7. The third kappa shape index (κ3) is 2.55. The van der Waals surface area contributed by atoms with E-state index in [9.17, 15) is 9.90 Å². The average molecular weight is 305 g/mol. The van der Waals surface area contributed by atoms with Gasteiger partial charge >= 0.3 is 5.97 Å². The van der Waals surface area contributed by atoms with Crippen LogP contribution < -0.4 is 0 Å². The van der Waals surface area contributed by atoms with Gasteiger partial charge in [-0.2, -0.15) is 0 Å².